The molecule has 30 heavy (non-hydrogen) atoms. The number of nitrogens with one attached hydrogen (secondary N) is 2. The minimum absolute atomic E-state index is 0.182. The van der Waals surface area contributed by atoms with Crippen LogP contribution >= 0.6 is 11.3 Å². The maximum absolute atomic E-state index is 13.3. The van der Waals surface area contributed by atoms with Crippen LogP contribution in [0, 0.1) is 0 Å². The fourth-order valence-corrected chi connectivity index (χ4v) is 5.37. The van der Waals surface area contributed by atoms with Gasteiger partial charge in [-0.15, -0.1) is 11.3 Å². The van der Waals surface area contributed by atoms with Crippen LogP contribution in [0.5, 0.6) is 11.5 Å². The summed E-state index contributed by atoms with van der Waals surface area (Å²) in [7, 11) is 0. The number of imide groups is 1. The third-order valence-electron chi connectivity index (χ3n) is 5.95. The molecule has 5 rings (SSSR count). The smallest absolute Gasteiger partial charge is 0.326 e. The maximum Gasteiger partial charge on any atom is 0.326 e. The maximum atomic E-state index is 13.3. The fraction of sp³-hybridized carbons (Fsp3) is 0.381. The normalized spacial score (nSPS) is 22.8. The average molecular weight is 427 g/mol. The number of carbonyl (C=O) groups excluding carboxylic acids is 3. The molecule has 4 amide bonds. The number of rotatable bonds is 4. The molecule has 3 aliphatic rings. The number of hydrogen-bond acceptors (Lipinski definition) is 6. The van der Waals surface area contributed by atoms with Crippen LogP contribution in [0.15, 0.2) is 29.6 Å². The summed E-state index contributed by atoms with van der Waals surface area (Å²) in [4.78, 5) is 41.0. The highest BCUT2D eigenvalue weighted by molar-refractivity contribution is 7.10. The first-order valence-corrected chi connectivity index (χ1v) is 10.8. The number of amides is 4. The Balaban J connectivity index is 1.30. The molecule has 2 aliphatic heterocycles. The van der Waals surface area contributed by atoms with Crippen LogP contribution < -0.4 is 20.1 Å². The van der Waals surface area contributed by atoms with Crippen molar-refractivity contribution in [2.45, 2.75) is 44.3 Å². The van der Waals surface area contributed by atoms with Crippen molar-refractivity contribution in [1.29, 1.82) is 0 Å². The van der Waals surface area contributed by atoms with Crippen LogP contribution in [0.4, 0.5) is 4.79 Å². The first-order valence-electron chi connectivity index (χ1n) is 9.88. The molecule has 156 valence electrons. The standard InChI is InChI=1S/C21H21N3O5S/c1-12(18(25)22-10-13-4-5-15-16(9-13)29-11-28-15)24-19(26)21(23-20(24)27)7-2-3-17-14(21)6-8-30-17/h4-6,8-9,12H,2-3,7,10-11H2,1H3,(H,22,25)(H,23,27)/t12-,21-/m1/s1. The summed E-state index contributed by atoms with van der Waals surface area (Å²) in [5.41, 5.74) is 0.660. The van der Waals surface area contributed by atoms with Gasteiger partial charge in [0.25, 0.3) is 5.91 Å². The average Bonchev–Trinajstić information content (AvgIpc) is 3.45. The van der Waals surface area contributed by atoms with Crippen LogP contribution in [-0.2, 0) is 28.1 Å². The topological polar surface area (TPSA) is 97.0 Å². The molecule has 2 atom stereocenters. The molecule has 1 saturated heterocycles. The van der Waals surface area contributed by atoms with Crippen molar-refractivity contribution < 1.29 is 23.9 Å². The van der Waals surface area contributed by atoms with Gasteiger partial charge in [0.1, 0.15) is 11.6 Å². The molecule has 1 aliphatic carbocycles. The van der Waals surface area contributed by atoms with Gasteiger partial charge < -0.3 is 20.1 Å². The SMILES string of the molecule is C[C@H](C(=O)NCc1ccc2c(c1)OCO2)N1C(=O)N[C@@]2(CCCc3sccc32)C1=O. The number of urea groups is 1. The Labute approximate surface area is 177 Å². The van der Waals surface area contributed by atoms with Crippen molar-refractivity contribution in [2.24, 2.45) is 0 Å². The molecule has 0 radical (unpaired) electrons. The lowest BCUT2D eigenvalue weighted by Gasteiger charge is -2.31. The van der Waals surface area contributed by atoms with E-state index in [1.165, 1.54) is 0 Å². The van der Waals surface area contributed by atoms with E-state index in [0.29, 0.717) is 17.9 Å². The van der Waals surface area contributed by atoms with Crippen LogP contribution in [0.1, 0.15) is 35.8 Å². The summed E-state index contributed by atoms with van der Waals surface area (Å²) in [6.07, 6.45) is 2.27. The van der Waals surface area contributed by atoms with E-state index >= 15 is 0 Å². The molecule has 1 aromatic carbocycles. The van der Waals surface area contributed by atoms with Gasteiger partial charge in [-0.25, -0.2) is 9.69 Å². The van der Waals surface area contributed by atoms with Gasteiger partial charge in [0.05, 0.1) is 0 Å². The lowest BCUT2D eigenvalue weighted by molar-refractivity contribution is -0.138. The van der Waals surface area contributed by atoms with E-state index in [2.05, 4.69) is 10.6 Å². The Morgan fingerprint density at radius 1 is 1.30 bits per heavy atom. The van der Waals surface area contributed by atoms with Gasteiger partial charge in [-0.1, -0.05) is 6.07 Å². The van der Waals surface area contributed by atoms with Crippen molar-refractivity contribution in [3.8, 4) is 11.5 Å². The number of carbonyl (C=O) groups is 3. The highest BCUT2D eigenvalue weighted by Crippen LogP contribution is 2.42. The summed E-state index contributed by atoms with van der Waals surface area (Å²) in [5.74, 6) is 0.560. The zero-order chi connectivity index (χ0) is 20.9. The van der Waals surface area contributed by atoms with Crippen molar-refractivity contribution in [1.82, 2.24) is 15.5 Å². The van der Waals surface area contributed by atoms with Gasteiger partial charge in [-0.3, -0.25) is 9.59 Å². The highest BCUT2D eigenvalue weighted by Gasteiger charge is 2.56. The molecule has 3 heterocycles. The molecule has 0 bridgehead atoms. The van der Waals surface area contributed by atoms with E-state index in [1.807, 2.05) is 17.5 Å². The molecule has 2 aromatic rings. The predicted molar refractivity (Wildman–Crippen MR) is 108 cm³/mol. The van der Waals surface area contributed by atoms with Crippen molar-refractivity contribution in [3.05, 3.63) is 45.6 Å². The van der Waals surface area contributed by atoms with Gasteiger partial charge in [-0.05, 0) is 55.3 Å². The molecule has 9 heteroatoms. The van der Waals surface area contributed by atoms with Crippen LogP contribution in [-0.4, -0.2) is 35.6 Å². The summed E-state index contributed by atoms with van der Waals surface area (Å²) in [6, 6.07) is 5.89. The van der Waals surface area contributed by atoms with E-state index in [0.717, 1.165) is 33.7 Å². The minimum Gasteiger partial charge on any atom is -0.454 e. The van der Waals surface area contributed by atoms with E-state index < -0.39 is 23.5 Å². The lowest BCUT2D eigenvalue weighted by Crippen LogP contribution is -2.50. The van der Waals surface area contributed by atoms with Crippen LogP contribution in [0.25, 0.3) is 0 Å². The molecule has 8 nitrogen and oxygen atoms in total. The molecular weight excluding hydrogens is 406 g/mol. The zero-order valence-corrected chi connectivity index (χ0v) is 17.2. The monoisotopic (exact) mass is 427 g/mol. The van der Waals surface area contributed by atoms with Crippen LogP contribution in [0.3, 0.4) is 0 Å². The number of benzene rings is 1. The molecule has 0 saturated carbocycles. The lowest BCUT2D eigenvalue weighted by atomic mass is 9.80. The van der Waals surface area contributed by atoms with Gasteiger partial charge in [-0.2, -0.15) is 0 Å². The number of ether oxygens (including phenoxy) is 2. The quantitative estimate of drug-likeness (QED) is 0.730. The van der Waals surface area contributed by atoms with Crippen molar-refractivity contribution in [2.75, 3.05) is 6.79 Å². The molecule has 1 fully saturated rings. The van der Waals surface area contributed by atoms with Crippen molar-refractivity contribution in [3.63, 3.8) is 0 Å². The Bertz CT molecular complexity index is 1050. The molecule has 0 unspecified atom stereocenters. The van der Waals surface area contributed by atoms with E-state index in [9.17, 15) is 14.4 Å². The first kappa shape index (κ1) is 18.9. The molecule has 2 N–H and O–H groups in total. The fourth-order valence-electron chi connectivity index (χ4n) is 4.37. The largest absolute Gasteiger partial charge is 0.454 e. The molecular formula is C21H21N3O5S. The third kappa shape index (κ3) is 2.84. The van der Waals surface area contributed by atoms with E-state index in [-0.39, 0.29) is 19.2 Å². The van der Waals surface area contributed by atoms with Gasteiger partial charge in [0, 0.05) is 17.0 Å². The molecule has 1 aromatic heterocycles. The first-order chi connectivity index (χ1) is 14.5. The van der Waals surface area contributed by atoms with E-state index in [4.69, 9.17) is 9.47 Å². The van der Waals surface area contributed by atoms with Crippen molar-refractivity contribution >= 4 is 29.2 Å². The third-order valence-corrected chi connectivity index (χ3v) is 6.94. The summed E-state index contributed by atoms with van der Waals surface area (Å²) in [5, 5.41) is 7.63. The number of hydrogen-bond donors (Lipinski definition) is 2. The predicted octanol–water partition coefficient (Wildman–Crippen LogP) is 2.27. The zero-order valence-electron chi connectivity index (χ0n) is 16.4. The number of fused-ring (bicyclic) bond motifs is 3. The number of thiophene rings is 1. The molecule has 1 spiro atoms. The highest BCUT2D eigenvalue weighted by atomic mass is 32.1. The number of aryl methyl sites for hydroxylation is 1. The van der Waals surface area contributed by atoms with Gasteiger partial charge in [0.15, 0.2) is 11.5 Å². The second-order valence-corrected chi connectivity index (χ2v) is 8.70. The van der Waals surface area contributed by atoms with Gasteiger partial charge in [0.2, 0.25) is 12.7 Å². The van der Waals surface area contributed by atoms with E-state index in [1.54, 1.807) is 30.4 Å². The minimum atomic E-state index is -1.05. The summed E-state index contributed by atoms with van der Waals surface area (Å²) in [6.45, 7) is 2.01. The second kappa shape index (κ2) is 7.02. The second-order valence-electron chi connectivity index (χ2n) is 7.70. The Morgan fingerprint density at radius 3 is 3.00 bits per heavy atom. The van der Waals surface area contributed by atoms with Crippen LogP contribution in [0.2, 0.25) is 0 Å². The summed E-state index contributed by atoms with van der Waals surface area (Å²) >= 11 is 1.60. The Hall–Kier alpha value is -3.07. The van der Waals surface area contributed by atoms with Gasteiger partial charge >= 0.3 is 6.03 Å². The number of nitrogens with zero attached hydrogens (tertiary/aromatic N) is 1. The Morgan fingerprint density at radius 2 is 2.13 bits per heavy atom. The Kier molecular flexibility index (Phi) is 4.43. The summed E-state index contributed by atoms with van der Waals surface area (Å²) < 4.78 is 10.6.